The highest BCUT2D eigenvalue weighted by Crippen LogP contribution is 2.33. The summed E-state index contributed by atoms with van der Waals surface area (Å²) in [5, 5.41) is 0. The zero-order valence-electron chi connectivity index (χ0n) is 16.4. The van der Waals surface area contributed by atoms with Crippen LogP contribution >= 0.6 is 0 Å². The van der Waals surface area contributed by atoms with Crippen molar-refractivity contribution in [2.24, 2.45) is 0 Å². The van der Waals surface area contributed by atoms with E-state index in [0.717, 1.165) is 40.9 Å². The van der Waals surface area contributed by atoms with E-state index in [1.165, 1.54) is 5.56 Å². The van der Waals surface area contributed by atoms with Gasteiger partial charge in [-0.25, -0.2) is 4.98 Å². The molecule has 0 aliphatic carbocycles. The first-order valence-electron chi connectivity index (χ1n) is 9.45. The molecule has 0 spiro atoms. The van der Waals surface area contributed by atoms with Crippen molar-refractivity contribution in [1.29, 1.82) is 0 Å². The van der Waals surface area contributed by atoms with Crippen molar-refractivity contribution < 1.29 is 18.7 Å². The van der Waals surface area contributed by atoms with Gasteiger partial charge in [-0.2, -0.15) is 0 Å². The van der Waals surface area contributed by atoms with E-state index in [1.807, 2.05) is 42.2 Å². The number of fused-ring (bicyclic) bond motifs is 2. The van der Waals surface area contributed by atoms with E-state index >= 15 is 0 Å². The molecule has 4 rings (SSSR count). The average molecular weight is 380 g/mol. The summed E-state index contributed by atoms with van der Waals surface area (Å²) in [4.78, 5) is 19.0. The molecule has 6 nitrogen and oxygen atoms in total. The van der Waals surface area contributed by atoms with Gasteiger partial charge < -0.3 is 18.8 Å². The van der Waals surface area contributed by atoms with Gasteiger partial charge in [0.2, 0.25) is 5.91 Å². The summed E-state index contributed by atoms with van der Waals surface area (Å²) >= 11 is 0. The lowest BCUT2D eigenvalue weighted by Gasteiger charge is -2.29. The molecule has 146 valence electrons. The lowest BCUT2D eigenvalue weighted by molar-refractivity contribution is -0.132. The lowest BCUT2D eigenvalue weighted by Crippen LogP contribution is -2.36. The summed E-state index contributed by atoms with van der Waals surface area (Å²) in [6.45, 7) is 3.17. The molecule has 0 atom stereocenters. The predicted molar refractivity (Wildman–Crippen MR) is 106 cm³/mol. The molecule has 6 heteroatoms. The number of aryl methyl sites for hydroxylation is 2. The number of rotatable bonds is 5. The Bertz CT molecular complexity index is 1020. The fraction of sp³-hybridized carbons (Fsp3) is 0.364. The molecular formula is C22H24N2O4. The lowest BCUT2D eigenvalue weighted by atomic mass is 9.98. The third kappa shape index (κ3) is 3.54. The molecule has 2 heterocycles. The van der Waals surface area contributed by atoms with Gasteiger partial charge in [0.05, 0.1) is 14.2 Å². The number of carbonyl (C=O) groups is 1. The van der Waals surface area contributed by atoms with Crippen LogP contribution in [0.1, 0.15) is 29.0 Å². The number of amides is 1. The third-order valence-corrected chi connectivity index (χ3v) is 5.26. The van der Waals surface area contributed by atoms with Gasteiger partial charge in [-0.3, -0.25) is 4.79 Å². The molecule has 1 amide bonds. The molecule has 3 aromatic rings. The van der Waals surface area contributed by atoms with E-state index in [4.69, 9.17) is 13.9 Å². The maximum absolute atomic E-state index is 12.8. The van der Waals surface area contributed by atoms with Gasteiger partial charge in [0, 0.05) is 26.4 Å². The first-order valence-corrected chi connectivity index (χ1v) is 9.45. The van der Waals surface area contributed by atoms with Gasteiger partial charge in [0.25, 0.3) is 0 Å². The molecule has 1 aromatic heterocycles. The summed E-state index contributed by atoms with van der Waals surface area (Å²) in [5.41, 5.74) is 5.06. The molecule has 0 bridgehead atoms. The monoisotopic (exact) mass is 380 g/mol. The van der Waals surface area contributed by atoms with Gasteiger partial charge in [-0.1, -0.05) is 6.07 Å². The first kappa shape index (κ1) is 18.3. The molecular weight excluding hydrogens is 356 g/mol. The SMILES string of the molecule is COc1cc2c(cc1OC)CN(C(=O)CCc1ccc3oc(C)nc3c1)CC2. The smallest absolute Gasteiger partial charge is 0.223 e. The van der Waals surface area contributed by atoms with Gasteiger partial charge in [-0.05, 0) is 53.8 Å². The molecule has 0 radical (unpaired) electrons. The van der Waals surface area contributed by atoms with Gasteiger partial charge in [-0.15, -0.1) is 0 Å². The summed E-state index contributed by atoms with van der Waals surface area (Å²) in [6, 6.07) is 9.93. The Morgan fingerprint density at radius 3 is 2.64 bits per heavy atom. The van der Waals surface area contributed by atoms with Crippen molar-refractivity contribution in [3.63, 3.8) is 0 Å². The van der Waals surface area contributed by atoms with Crippen molar-refractivity contribution in [1.82, 2.24) is 9.88 Å². The second-order valence-corrected chi connectivity index (χ2v) is 7.08. The summed E-state index contributed by atoms with van der Waals surface area (Å²) in [5.74, 6) is 2.26. The van der Waals surface area contributed by atoms with Crippen LogP contribution in [0.25, 0.3) is 11.1 Å². The molecule has 0 saturated heterocycles. The fourth-order valence-corrected chi connectivity index (χ4v) is 3.75. The minimum Gasteiger partial charge on any atom is -0.493 e. The highest BCUT2D eigenvalue weighted by Gasteiger charge is 2.22. The topological polar surface area (TPSA) is 64.8 Å². The Morgan fingerprint density at radius 1 is 1.14 bits per heavy atom. The number of methoxy groups -OCH3 is 2. The number of oxazole rings is 1. The predicted octanol–water partition coefficient (Wildman–Crippen LogP) is 3.67. The minimum atomic E-state index is 0.164. The number of hydrogen-bond donors (Lipinski definition) is 0. The van der Waals surface area contributed by atoms with Crippen molar-refractivity contribution >= 4 is 17.0 Å². The normalized spacial score (nSPS) is 13.5. The fourth-order valence-electron chi connectivity index (χ4n) is 3.75. The van der Waals surface area contributed by atoms with Crippen LogP contribution in [0.4, 0.5) is 0 Å². The Balaban J connectivity index is 1.42. The molecule has 0 N–H and O–H groups in total. The van der Waals surface area contributed by atoms with E-state index in [1.54, 1.807) is 14.2 Å². The highest BCUT2D eigenvalue weighted by atomic mass is 16.5. The van der Waals surface area contributed by atoms with E-state index in [9.17, 15) is 4.79 Å². The molecule has 2 aromatic carbocycles. The number of ether oxygens (including phenoxy) is 2. The Hall–Kier alpha value is -3.02. The number of aromatic nitrogens is 1. The Morgan fingerprint density at radius 2 is 1.89 bits per heavy atom. The van der Waals surface area contributed by atoms with Crippen LogP contribution in [0.2, 0.25) is 0 Å². The van der Waals surface area contributed by atoms with Crippen molar-refractivity contribution in [3.05, 3.63) is 52.9 Å². The molecule has 1 aliphatic rings. The van der Waals surface area contributed by atoms with Gasteiger partial charge in [0.15, 0.2) is 23.0 Å². The van der Waals surface area contributed by atoms with E-state index in [-0.39, 0.29) is 5.91 Å². The van der Waals surface area contributed by atoms with E-state index in [2.05, 4.69) is 4.98 Å². The third-order valence-electron chi connectivity index (χ3n) is 5.26. The molecule has 0 fully saturated rings. The summed E-state index contributed by atoms with van der Waals surface area (Å²) in [6.07, 6.45) is 1.99. The Kier molecular flexibility index (Phi) is 4.94. The van der Waals surface area contributed by atoms with Crippen LogP contribution in [-0.2, 0) is 24.2 Å². The summed E-state index contributed by atoms with van der Waals surface area (Å²) < 4.78 is 16.3. The molecule has 1 aliphatic heterocycles. The standard InChI is InChI=1S/C22H24N2O4/c1-14-23-18-10-15(4-6-19(18)28-14)5-7-22(25)24-9-8-16-11-20(26-2)21(27-3)12-17(16)13-24/h4,6,10-12H,5,7-9,13H2,1-3H3. The van der Waals surface area contributed by atoms with Crippen LogP contribution in [0.3, 0.4) is 0 Å². The zero-order valence-corrected chi connectivity index (χ0v) is 16.4. The maximum Gasteiger partial charge on any atom is 0.223 e. The van der Waals surface area contributed by atoms with Crippen LogP contribution in [-0.4, -0.2) is 36.6 Å². The second kappa shape index (κ2) is 7.54. The molecule has 0 saturated carbocycles. The van der Waals surface area contributed by atoms with E-state index < -0.39 is 0 Å². The minimum absolute atomic E-state index is 0.164. The van der Waals surface area contributed by atoms with Gasteiger partial charge >= 0.3 is 0 Å². The average Bonchev–Trinajstić information content (AvgIpc) is 3.09. The summed E-state index contributed by atoms with van der Waals surface area (Å²) in [7, 11) is 3.27. The molecule has 28 heavy (non-hydrogen) atoms. The number of benzene rings is 2. The van der Waals surface area contributed by atoms with Gasteiger partial charge in [0.1, 0.15) is 5.52 Å². The molecule has 0 unspecified atom stereocenters. The highest BCUT2D eigenvalue weighted by molar-refractivity contribution is 5.77. The zero-order chi connectivity index (χ0) is 19.7. The number of hydrogen-bond acceptors (Lipinski definition) is 5. The quantitative estimate of drug-likeness (QED) is 0.676. The second-order valence-electron chi connectivity index (χ2n) is 7.08. The van der Waals surface area contributed by atoms with Crippen LogP contribution < -0.4 is 9.47 Å². The van der Waals surface area contributed by atoms with E-state index in [0.29, 0.717) is 31.0 Å². The van der Waals surface area contributed by atoms with Crippen LogP contribution in [0.15, 0.2) is 34.7 Å². The van der Waals surface area contributed by atoms with Crippen LogP contribution in [0.5, 0.6) is 11.5 Å². The van der Waals surface area contributed by atoms with Crippen molar-refractivity contribution in [3.8, 4) is 11.5 Å². The number of nitrogens with zero attached hydrogens (tertiary/aromatic N) is 2. The number of carbonyl (C=O) groups excluding carboxylic acids is 1. The van der Waals surface area contributed by atoms with Crippen molar-refractivity contribution in [2.75, 3.05) is 20.8 Å². The van der Waals surface area contributed by atoms with Crippen molar-refractivity contribution in [2.45, 2.75) is 32.7 Å². The van der Waals surface area contributed by atoms with Crippen LogP contribution in [0, 0.1) is 6.92 Å². The largest absolute Gasteiger partial charge is 0.493 e. The maximum atomic E-state index is 12.8. The Labute approximate surface area is 164 Å². The first-order chi connectivity index (χ1) is 13.6.